The standard InChI is InChI=1S/C34H36N2O5S/c1-6-10-26-30(33(38)40-7-2)31(29-25-12-9-8-11-23(25)15-18-27(29)39-5)36-32(37)28(42-34(36)35-26)19-22-13-16-24(17-14-22)41-20-21(3)4/h8-9,11-19,21,31H,6-7,10,20H2,1-5H3/b28-19+/t31-/m1/s1. The second-order valence-electron chi connectivity index (χ2n) is 10.6. The summed E-state index contributed by atoms with van der Waals surface area (Å²) in [5, 5.41) is 1.88. The monoisotopic (exact) mass is 584 g/mol. The molecule has 1 aliphatic rings. The number of nitrogens with zero attached hydrogens (tertiary/aromatic N) is 2. The molecule has 0 radical (unpaired) electrons. The Labute approximate surface area is 249 Å². The van der Waals surface area contributed by atoms with Crippen molar-refractivity contribution in [2.75, 3.05) is 20.3 Å². The van der Waals surface area contributed by atoms with Crippen molar-refractivity contribution >= 4 is 34.2 Å². The number of fused-ring (bicyclic) bond motifs is 2. The predicted molar refractivity (Wildman–Crippen MR) is 167 cm³/mol. The molecule has 3 aromatic carbocycles. The van der Waals surface area contributed by atoms with Crippen molar-refractivity contribution in [1.82, 2.24) is 4.57 Å². The van der Waals surface area contributed by atoms with Crippen LogP contribution >= 0.6 is 11.3 Å². The van der Waals surface area contributed by atoms with Crippen molar-refractivity contribution in [2.45, 2.75) is 46.6 Å². The van der Waals surface area contributed by atoms with Gasteiger partial charge in [-0.25, -0.2) is 9.79 Å². The summed E-state index contributed by atoms with van der Waals surface area (Å²) < 4.78 is 19.4. The molecule has 0 spiro atoms. The molecule has 0 saturated carbocycles. The van der Waals surface area contributed by atoms with E-state index in [-0.39, 0.29) is 12.2 Å². The number of aromatic nitrogens is 1. The number of rotatable bonds is 10. The molecule has 8 heteroatoms. The highest BCUT2D eigenvalue weighted by molar-refractivity contribution is 7.07. The highest BCUT2D eigenvalue weighted by Gasteiger charge is 2.37. The highest BCUT2D eigenvalue weighted by atomic mass is 32.1. The van der Waals surface area contributed by atoms with E-state index in [0.29, 0.717) is 45.3 Å². The van der Waals surface area contributed by atoms with Gasteiger partial charge in [0.15, 0.2) is 4.80 Å². The van der Waals surface area contributed by atoms with Crippen LogP contribution in [0.4, 0.5) is 0 Å². The Hall–Kier alpha value is -4.17. The molecule has 0 amide bonds. The maximum atomic E-state index is 14.2. The first-order chi connectivity index (χ1) is 20.4. The van der Waals surface area contributed by atoms with E-state index in [9.17, 15) is 9.59 Å². The smallest absolute Gasteiger partial charge is 0.338 e. The molecule has 0 unspecified atom stereocenters. The summed E-state index contributed by atoms with van der Waals surface area (Å²) in [6.07, 6.45) is 3.21. The lowest BCUT2D eigenvalue weighted by Gasteiger charge is -2.28. The maximum Gasteiger partial charge on any atom is 0.338 e. The Bertz CT molecular complexity index is 1820. The molecule has 0 bridgehead atoms. The fourth-order valence-corrected chi connectivity index (χ4v) is 6.22. The largest absolute Gasteiger partial charge is 0.496 e. The van der Waals surface area contributed by atoms with Gasteiger partial charge in [0.05, 0.1) is 36.1 Å². The van der Waals surface area contributed by atoms with Crippen molar-refractivity contribution in [3.8, 4) is 11.5 Å². The lowest BCUT2D eigenvalue weighted by atomic mass is 9.90. The van der Waals surface area contributed by atoms with Gasteiger partial charge in [-0.3, -0.25) is 9.36 Å². The first kappa shape index (κ1) is 29.3. The number of allylic oxidation sites excluding steroid dienone is 1. The highest BCUT2D eigenvalue weighted by Crippen LogP contribution is 2.41. The normalized spacial score (nSPS) is 15.1. The topological polar surface area (TPSA) is 79.1 Å². The quantitative estimate of drug-likeness (QED) is 0.221. The van der Waals surface area contributed by atoms with Gasteiger partial charge in [0.1, 0.15) is 17.5 Å². The average molecular weight is 585 g/mol. The molecular weight excluding hydrogens is 548 g/mol. The van der Waals surface area contributed by atoms with Gasteiger partial charge in [-0.05, 0) is 59.9 Å². The van der Waals surface area contributed by atoms with Crippen molar-refractivity contribution in [3.63, 3.8) is 0 Å². The third-order valence-electron chi connectivity index (χ3n) is 7.08. The van der Waals surface area contributed by atoms with Gasteiger partial charge in [0.25, 0.3) is 5.56 Å². The van der Waals surface area contributed by atoms with Crippen molar-refractivity contribution in [2.24, 2.45) is 10.9 Å². The van der Waals surface area contributed by atoms with E-state index in [4.69, 9.17) is 19.2 Å². The van der Waals surface area contributed by atoms with Crippen LogP contribution in [-0.2, 0) is 9.53 Å². The van der Waals surface area contributed by atoms with Crippen molar-refractivity contribution < 1.29 is 19.0 Å². The Balaban J connectivity index is 1.75. The fourth-order valence-electron chi connectivity index (χ4n) is 5.20. The molecule has 0 saturated heterocycles. The molecule has 1 aromatic heterocycles. The van der Waals surface area contributed by atoms with Crippen LogP contribution in [0.3, 0.4) is 0 Å². The molecule has 1 atom stereocenters. The molecule has 7 nitrogen and oxygen atoms in total. The Morgan fingerprint density at radius 3 is 2.52 bits per heavy atom. The number of hydrogen-bond acceptors (Lipinski definition) is 7. The summed E-state index contributed by atoms with van der Waals surface area (Å²) in [5.74, 6) is 1.32. The zero-order valence-electron chi connectivity index (χ0n) is 24.7. The molecule has 42 heavy (non-hydrogen) atoms. The lowest BCUT2D eigenvalue weighted by Crippen LogP contribution is -2.40. The number of benzene rings is 3. The van der Waals surface area contributed by atoms with Crippen LogP contribution < -0.4 is 24.4 Å². The lowest BCUT2D eigenvalue weighted by molar-refractivity contribution is -0.139. The van der Waals surface area contributed by atoms with Crippen LogP contribution in [0.15, 0.2) is 81.7 Å². The van der Waals surface area contributed by atoms with Crippen LogP contribution in [-0.4, -0.2) is 30.9 Å². The summed E-state index contributed by atoms with van der Waals surface area (Å²) in [5.41, 5.74) is 2.39. The van der Waals surface area contributed by atoms with Gasteiger partial charge < -0.3 is 14.2 Å². The van der Waals surface area contributed by atoms with Crippen LogP contribution in [0.5, 0.6) is 11.5 Å². The molecule has 0 fully saturated rings. The number of thiazole rings is 1. The van der Waals surface area contributed by atoms with E-state index in [1.807, 2.05) is 73.7 Å². The summed E-state index contributed by atoms with van der Waals surface area (Å²) >= 11 is 1.32. The van der Waals surface area contributed by atoms with Gasteiger partial charge in [0.2, 0.25) is 0 Å². The molecule has 0 aliphatic carbocycles. The van der Waals surface area contributed by atoms with E-state index >= 15 is 0 Å². The molecule has 1 aliphatic heterocycles. The Morgan fingerprint density at radius 2 is 1.83 bits per heavy atom. The zero-order chi connectivity index (χ0) is 29.8. The van der Waals surface area contributed by atoms with Gasteiger partial charge >= 0.3 is 5.97 Å². The number of ether oxygens (including phenoxy) is 3. The Morgan fingerprint density at radius 1 is 1.07 bits per heavy atom. The van der Waals surface area contributed by atoms with E-state index in [0.717, 1.165) is 34.1 Å². The third-order valence-corrected chi connectivity index (χ3v) is 8.06. The molecule has 4 aromatic rings. The van der Waals surface area contributed by atoms with Gasteiger partial charge in [-0.1, -0.05) is 81.0 Å². The number of methoxy groups -OCH3 is 1. The molecule has 0 N–H and O–H groups in total. The number of carbonyl (C=O) groups excluding carboxylic acids is 1. The second kappa shape index (κ2) is 12.8. The first-order valence-electron chi connectivity index (χ1n) is 14.4. The first-order valence-corrected chi connectivity index (χ1v) is 15.2. The fraction of sp³-hybridized carbons (Fsp3) is 0.324. The molecular formula is C34H36N2O5S. The Kier molecular flexibility index (Phi) is 8.92. The minimum absolute atomic E-state index is 0.211. The zero-order valence-corrected chi connectivity index (χ0v) is 25.5. The summed E-state index contributed by atoms with van der Waals surface area (Å²) in [7, 11) is 1.60. The maximum absolute atomic E-state index is 14.2. The summed E-state index contributed by atoms with van der Waals surface area (Å²) in [4.78, 5) is 33.3. The van der Waals surface area contributed by atoms with Gasteiger partial charge in [-0.2, -0.15) is 0 Å². The summed E-state index contributed by atoms with van der Waals surface area (Å²) in [6, 6.07) is 18.7. The van der Waals surface area contributed by atoms with Crippen LogP contribution in [0.1, 0.15) is 57.7 Å². The minimum Gasteiger partial charge on any atom is -0.496 e. The number of carbonyl (C=O) groups is 1. The van der Waals surface area contributed by atoms with E-state index < -0.39 is 12.0 Å². The average Bonchev–Trinajstić information content (AvgIpc) is 3.29. The van der Waals surface area contributed by atoms with Gasteiger partial charge in [-0.15, -0.1) is 0 Å². The van der Waals surface area contributed by atoms with Crippen LogP contribution in [0.2, 0.25) is 0 Å². The SMILES string of the molecule is CCCC1=C(C(=O)OCC)[C@@H](c2c(OC)ccc3ccccc23)n2c(s/c(=C/c3ccc(OCC(C)C)cc3)c2=O)=N1. The molecule has 5 rings (SSSR count). The van der Waals surface area contributed by atoms with Crippen LogP contribution in [0.25, 0.3) is 16.8 Å². The second-order valence-corrected chi connectivity index (χ2v) is 11.6. The predicted octanol–water partition coefficient (Wildman–Crippen LogP) is 5.78. The van der Waals surface area contributed by atoms with Crippen molar-refractivity contribution in [1.29, 1.82) is 0 Å². The van der Waals surface area contributed by atoms with E-state index in [2.05, 4.69) is 13.8 Å². The number of hydrogen-bond donors (Lipinski definition) is 0. The van der Waals surface area contributed by atoms with E-state index in [1.165, 1.54) is 11.3 Å². The summed E-state index contributed by atoms with van der Waals surface area (Å²) in [6.45, 7) is 8.88. The van der Waals surface area contributed by atoms with Gasteiger partial charge in [0, 0.05) is 5.56 Å². The third kappa shape index (κ3) is 5.77. The number of esters is 1. The molecule has 2 heterocycles. The molecule has 218 valence electrons. The van der Waals surface area contributed by atoms with Crippen molar-refractivity contribution in [3.05, 3.63) is 103 Å². The van der Waals surface area contributed by atoms with E-state index in [1.54, 1.807) is 18.6 Å². The minimum atomic E-state index is -0.767. The van der Waals surface area contributed by atoms with Crippen LogP contribution in [0, 0.1) is 5.92 Å².